The molecule has 0 bridgehead atoms. The Bertz CT molecular complexity index is 773. The fraction of sp³-hybridized carbons (Fsp3) is 0.188. The molecule has 2 heterocycles. The Morgan fingerprint density at radius 3 is 2.91 bits per heavy atom. The number of hydrogen-bond donors (Lipinski definition) is 2. The fourth-order valence-corrected chi connectivity index (χ4v) is 4.21. The smallest absolute Gasteiger partial charge is 0.260 e. The van der Waals surface area contributed by atoms with Crippen LogP contribution in [-0.4, -0.2) is 18.5 Å². The minimum atomic E-state index is -0.263. The van der Waals surface area contributed by atoms with Crippen LogP contribution < -0.4 is 15.4 Å². The van der Waals surface area contributed by atoms with Crippen LogP contribution in [0.2, 0.25) is 5.02 Å². The summed E-state index contributed by atoms with van der Waals surface area (Å²) in [6.07, 6.45) is 1.93. The molecule has 7 heteroatoms. The number of thiophene rings is 1. The molecule has 4 nitrogen and oxygen atoms in total. The number of ether oxygens (including phenoxy) is 1. The zero-order valence-electron chi connectivity index (χ0n) is 12.6. The quantitative estimate of drug-likeness (QED) is 0.791. The third kappa shape index (κ3) is 3.65. The molecule has 1 aliphatic rings. The summed E-state index contributed by atoms with van der Waals surface area (Å²) < 4.78 is 5.31. The first-order valence-corrected chi connectivity index (χ1v) is 9.04. The van der Waals surface area contributed by atoms with Gasteiger partial charge in [0.25, 0.3) is 5.91 Å². The number of rotatable bonds is 4. The predicted molar refractivity (Wildman–Crippen MR) is 98.2 cm³/mol. The van der Waals surface area contributed by atoms with E-state index in [2.05, 4.69) is 10.6 Å². The zero-order valence-corrected chi connectivity index (χ0v) is 14.9. The molecule has 0 radical (unpaired) electrons. The van der Waals surface area contributed by atoms with Gasteiger partial charge in [0.1, 0.15) is 5.75 Å². The number of benzene rings is 1. The largest absolute Gasteiger partial charge is 0.495 e. The SMILES string of the molecule is COc1ccc(Cl)cc1NC1NC(=O)/C(=C/c2sccc2C)S1. The Hall–Kier alpha value is -1.63. The van der Waals surface area contributed by atoms with Gasteiger partial charge < -0.3 is 15.4 Å². The highest BCUT2D eigenvalue weighted by atomic mass is 35.5. The van der Waals surface area contributed by atoms with E-state index < -0.39 is 0 Å². The minimum absolute atomic E-state index is 0.0821. The third-order valence-electron chi connectivity index (χ3n) is 3.34. The van der Waals surface area contributed by atoms with E-state index in [-0.39, 0.29) is 11.4 Å². The van der Waals surface area contributed by atoms with Crippen LogP contribution in [0.4, 0.5) is 5.69 Å². The van der Waals surface area contributed by atoms with Crippen molar-refractivity contribution in [3.63, 3.8) is 0 Å². The number of amides is 1. The Morgan fingerprint density at radius 2 is 2.22 bits per heavy atom. The van der Waals surface area contributed by atoms with E-state index >= 15 is 0 Å². The van der Waals surface area contributed by atoms with Crippen molar-refractivity contribution < 1.29 is 9.53 Å². The minimum Gasteiger partial charge on any atom is -0.495 e. The van der Waals surface area contributed by atoms with Gasteiger partial charge in [0.15, 0.2) is 5.50 Å². The van der Waals surface area contributed by atoms with E-state index in [1.165, 1.54) is 17.3 Å². The molecule has 1 saturated heterocycles. The molecule has 120 valence electrons. The molecule has 1 aromatic heterocycles. The Kier molecular flexibility index (Phi) is 4.84. The number of methoxy groups -OCH3 is 1. The van der Waals surface area contributed by atoms with Crippen molar-refractivity contribution in [3.8, 4) is 5.75 Å². The van der Waals surface area contributed by atoms with Crippen LogP contribution in [0.25, 0.3) is 6.08 Å². The lowest BCUT2D eigenvalue weighted by atomic mass is 10.3. The van der Waals surface area contributed by atoms with Gasteiger partial charge in [-0.25, -0.2) is 0 Å². The van der Waals surface area contributed by atoms with Gasteiger partial charge in [0.2, 0.25) is 0 Å². The monoisotopic (exact) mass is 366 g/mol. The van der Waals surface area contributed by atoms with Crippen molar-refractivity contribution in [2.45, 2.75) is 12.4 Å². The highest BCUT2D eigenvalue weighted by Crippen LogP contribution is 2.35. The molecule has 23 heavy (non-hydrogen) atoms. The summed E-state index contributed by atoms with van der Waals surface area (Å²) >= 11 is 9.10. The van der Waals surface area contributed by atoms with E-state index in [1.807, 2.05) is 24.4 Å². The van der Waals surface area contributed by atoms with Crippen molar-refractivity contribution >= 4 is 52.4 Å². The second-order valence-electron chi connectivity index (χ2n) is 4.94. The number of hydrogen-bond acceptors (Lipinski definition) is 5. The van der Waals surface area contributed by atoms with Crippen LogP contribution in [0.3, 0.4) is 0 Å². The lowest BCUT2D eigenvalue weighted by Crippen LogP contribution is -2.31. The van der Waals surface area contributed by atoms with Gasteiger partial charge >= 0.3 is 0 Å². The molecule has 0 aliphatic carbocycles. The molecule has 0 spiro atoms. The number of aryl methyl sites for hydroxylation is 1. The van der Waals surface area contributed by atoms with Crippen LogP contribution in [0, 0.1) is 6.92 Å². The lowest BCUT2D eigenvalue weighted by Gasteiger charge is -2.15. The zero-order chi connectivity index (χ0) is 16.4. The molecule has 1 amide bonds. The molecule has 1 aromatic carbocycles. The van der Waals surface area contributed by atoms with Gasteiger partial charge in [-0.15, -0.1) is 11.3 Å². The van der Waals surface area contributed by atoms with Crippen molar-refractivity contribution in [2.75, 3.05) is 12.4 Å². The summed E-state index contributed by atoms with van der Waals surface area (Å²) in [6, 6.07) is 7.37. The van der Waals surface area contributed by atoms with Crippen LogP contribution in [-0.2, 0) is 4.79 Å². The van der Waals surface area contributed by atoms with E-state index in [9.17, 15) is 4.79 Å². The normalized spacial score (nSPS) is 19.0. The highest BCUT2D eigenvalue weighted by molar-refractivity contribution is 8.05. The van der Waals surface area contributed by atoms with Crippen molar-refractivity contribution in [2.24, 2.45) is 0 Å². The van der Waals surface area contributed by atoms with E-state index in [0.717, 1.165) is 10.6 Å². The average molecular weight is 367 g/mol. The Balaban J connectivity index is 1.77. The summed E-state index contributed by atoms with van der Waals surface area (Å²) in [4.78, 5) is 13.9. The van der Waals surface area contributed by atoms with Crippen LogP contribution in [0.5, 0.6) is 5.75 Å². The number of carbonyl (C=O) groups is 1. The maximum Gasteiger partial charge on any atom is 0.260 e. The number of carbonyl (C=O) groups excluding carboxylic acids is 1. The van der Waals surface area contributed by atoms with Crippen LogP contribution >= 0.6 is 34.7 Å². The summed E-state index contributed by atoms with van der Waals surface area (Å²) in [5.74, 6) is 0.595. The van der Waals surface area contributed by atoms with E-state index in [4.69, 9.17) is 16.3 Å². The topological polar surface area (TPSA) is 50.4 Å². The van der Waals surface area contributed by atoms with E-state index in [0.29, 0.717) is 15.7 Å². The van der Waals surface area contributed by atoms with Gasteiger partial charge in [0.05, 0.1) is 17.7 Å². The summed E-state index contributed by atoms with van der Waals surface area (Å²) in [6.45, 7) is 2.03. The first-order valence-electron chi connectivity index (χ1n) is 6.90. The first kappa shape index (κ1) is 16.2. The number of thioether (sulfide) groups is 1. The Morgan fingerprint density at radius 1 is 1.39 bits per heavy atom. The van der Waals surface area contributed by atoms with Crippen molar-refractivity contribution in [3.05, 3.63) is 50.0 Å². The number of nitrogens with one attached hydrogen (secondary N) is 2. The summed E-state index contributed by atoms with van der Waals surface area (Å²) in [5.41, 5.74) is 1.65. The van der Waals surface area contributed by atoms with Crippen LogP contribution in [0.1, 0.15) is 10.4 Å². The van der Waals surface area contributed by atoms with Gasteiger partial charge in [-0.3, -0.25) is 4.79 Å². The molecule has 3 rings (SSSR count). The molecular formula is C16H15ClN2O2S2. The summed E-state index contributed by atoms with van der Waals surface area (Å²) in [7, 11) is 1.60. The van der Waals surface area contributed by atoms with E-state index in [1.54, 1.807) is 36.6 Å². The molecule has 2 N–H and O–H groups in total. The molecule has 1 unspecified atom stereocenters. The van der Waals surface area contributed by atoms with Gasteiger partial charge in [0, 0.05) is 9.90 Å². The average Bonchev–Trinajstić information content (AvgIpc) is 3.06. The predicted octanol–water partition coefficient (Wildman–Crippen LogP) is 4.32. The standard InChI is InChI=1S/C16H15ClN2O2S2/c1-9-5-6-22-13(9)8-14-15(20)19-16(23-14)18-11-7-10(17)3-4-12(11)21-2/h3-8,16,18H,1-2H3,(H,19,20)/b14-8-. The van der Waals surface area contributed by atoms with Crippen LogP contribution in [0.15, 0.2) is 34.6 Å². The molecule has 1 atom stereocenters. The second kappa shape index (κ2) is 6.86. The number of anilines is 1. The highest BCUT2D eigenvalue weighted by Gasteiger charge is 2.28. The third-order valence-corrected chi connectivity index (χ3v) is 5.57. The molecule has 1 fully saturated rings. The van der Waals surface area contributed by atoms with Crippen molar-refractivity contribution in [1.82, 2.24) is 5.32 Å². The van der Waals surface area contributed by atoms with Gasteiger partial charge in [-0.1, -0.05) is 23.4 Å². The maximum atomic E-state index is 12.1. The fourth-order valence-electron chi connectivity index (χ4n) is 2.15. The first-order chi connectivity index (χ1) is 11.1. The second-order valence-corrected chi connectivity index (χ2v) is 7.47. The van der Waals surface area contributed by atoms with Gasteiger partial charge in [-0.2, -0.15) is 0 Å². The van der Waals surface area contributed by atoms with Gasteiger partial charge in [-0.05, 0) is 48.2 Å². The molecule has 0 saturated carbocycles. The lowest BCUT2D eigenvalue weighted by molar-refractivity contribution is -0.116. The molecule has 2 aromatic rings. The summed E-state index contributed by atoms with van der Waals surface area (Å²) in [5, 5.41) is 8.77. The Labute approximate surface area is 147 Å². The number of halogens is 1. The van der Waals surface area contributed by atoms with Crippen molar-refractivity contribution in [1.29, 1.82) is 0 Å². The molecular weight excluding hydrogens is 352 g/mol. The maximum absolute atomic E-state index is 12.1. The molecule has 1 aliphatic heterocycles.